The fourth-order valence-corrected chi connectivity index (χ4v) is 2.64. The zero-order chi connectivity index (χ0) is 13.1. The van der Waals surface area contributed by atoms with Crippen molar-refractivity contribution in [1.82, 2.24) is 5.32 Å². The second-order valence-electron chi connectivity index (χ2n) is 5.32. The number of methoxy groups -OCH3 is 1. The molecule has 2 rings (SSSR count). The number of ether oxygens (including phenoxy) is 1. The average Bonchev–Trinajstić information content (AvgIpc) is 2.41. The maximum atomic E-state index is 5.72. The lowest BCUT2D eigenvalue weighted by atomic mass is 9.89. The van der Waals surface area contributed by atoms with Crippen molar-refractivity contribution >= 4 is 0 Å². The molecule has 0 aliphatic carbocycles. The van der Waals surface area contributed by atoms with E-state index in [1.165, 1.54) is 23.1 Å². The van der Waals surface area contributed by atoms with Crippen molar-refractivity contribution in [3.05, 3.63) is 28.8 Å². The van der Waals surface area contributed by atoms with Crippen LogP contribution >= 0.6 is 0 Å². The minimum atomic E-state index is 0.405. The minimum absolute atomic E-state index is 0.405. The number of hydrogen-bond donors (Lipinski definition) is 2. The van der Waals surface area contributed by atoms with E-state index in [0.717, 1.165) is 25.3 Å². The molecule has 2 unspecified atom stereocenters. The zero-order valence-electron chi connectivity index (χ0n) is 11.6. The quantitative estimate of drug-likeness (QED) is 0.863. The molecular weight excluding hydrogens is 224 g/mol. The molecular formula is C15H24N2O. The van der Waals surface area contributed by atoms with Crippen LogP contribution in [0.15, 0.2) is 12.1 Å². The summed E-state index contributed by atoms with van der Waals surface area (Å²) in [6.45, 7) is 6.07. The van der Waals surface area contributed by atoms with Gasteiger partial charge >= 0.3 is 0 Å². The van der Waals surface area contributed by atoms with Crippen LogP contribution in [0.5, 0.6) is 5.75 Å². The maximum Gasteiger partial charge on any atom is 0.123 e. The Balaban J connectivity index is 2.20. The molecule has 1 aromatic carbocycles. The molecule has 3 N–H and O–H groups in total. The van der Waals surface area contributed by atoms with Crippen molar-refractivity contribution in [3.8, 4) is 5.75 Å². The summed E-state index contributed by atoms with van der Waals surface area (Å²) in [5, 5.41) is 3.60. The van der Waals surface area contributed by atoms with Crippen LogP contribution < -0.4 is 15.8 Å². The Labute approximate surface area is 110 Å². The van der Waals surface area contributed by atoms with Gasteiger partial charge in [-0.3, -0.25) is 0 Å². The van der Waals surface area contributed by atoms with E-state index in [9.17, 15) is 0 Å². The van der Waals surface area contributed by atoms with Crippen molar-refractivity contribution in [2.75, 3.05) is 20.2 Å². The standard InChI is InChI=1S/C15H24N2O/c1-10-6-13(15(18-3)7-11(10)2)14-5-4-12(8-16)9-17-14/h6-7,12,14,17H,4-5,8-9,16H2,1-3H3. The molecule has 2 atom stereocenters. The number of nitrogens with two attached hydrogens (primary N) is 1. The number of nitrogens with one attached hydrogen (secondary N) is 1. The Hall–Kier alpha value is -1.06. The van der Waals surface area contributed by atoms with Crippen LogP contribution in [-0.2, 0) is 0 Å². The van der Waals surface area contributed by atoms with Gasteiger partial charge in [-0.15, -0.1) is 0 Å². The number of aryl methyl sites for hydroxylation is 2. The van der Waals surface area contributed by atoms with Crippen molar-refractivity contribution in [2.24, 2.45) is 11.7 Å². The molecule has 0 aromatic heterocycles. The van der Waals surface area contributed by atoms with Gasteiger partial charge in [-0.05, 0) is 62.9 Å². The van der Waals surface area contributed by atoms with E-state index in [-0.39, 0.29) is 0 Å². The highest BCUT2D eigenvalue weighted by Crippen LogP contribution is 2.33. The van der Waals surface area contributed by atoms with Gasteiger partial charge in [0.25, 0.3) is 0 Å². The fraction of sp³-hybridized carbons (Fsp3) is 0.600. The van der Waals surface area contributed by atoms with E-state index in [4.69, 9.17) is 10.5 Å². The predicted molar refractivity (Wildman–Crippen MR) is 75.0 cm³/mol. The minimum Gasteiger partial charge on any atom is -0.496 e. The molecule has 1 saturated heterocycles. The Morgan fingerprint density at radius 3 is 2.56 bits per heavy atom. The van der Waals surface area contributed by atoms with Gasteiger partial charge in [0.1, 0.15) is 5.75 Å². The zero-order valence-corrected chi connectivity index (χ0v) is 11.6. The van der Waals surface area contributed by atoms with Crippen molar-refractivity contribution < 1.29 is 4.74 Å². The molecule has 0 saturated carbocycles. The lowest BCUT2D eigenvalue weighted by Crippen LogP contribution is -2.36. The summed E-state index contributed by atoms with van der Waals surface area (Å²) in [5.41, 5.74) is 9.62. The molecule has 3 nitrogen and oxygen atoms in total. The molecule has 1 heterocycles. The largest absolute Gasteiger partial charge is 0.496 e. The lowest BCUT2D eigenvalue weighted by molar-refractivity contribution is 0.311. The molecule has 100 valence electrons. The van der Waals surface area contributed by atoms with Crippen LogP contribution in [0.25, 0.3) is 0 Å². The molecule has 1 aliphatic rings. The van der Waals surface area contributed by atoms with E-state index in [0.29, 0.717) is 12.0 Å². The molecule has 1 aliphatic heterocycles. The summed E-state index contributed by atoms with van der Waals surface area (Å²) in [7, 11) is 1.75. The van der Waals surface area contributed by atoms with Crippen LogP contribution in [0, 0.1) is 19.8 Å². The third-order valence-corrected chi connectivity index (χ3v) is 4.07. The number of benzene rings is 1. The average molecular weight is 248 g/mol. The third-order valence-electron chi connectivity index (χ3n) is 4.07. The van der Waals surface area contributed by atoms with E-state index in [2.05, 4.69) is 31.3 Å². The van der Waals surface area contributed by atoms with Gasteiger partial charge in [-0.1, -0.05) is 6.07 Å². The normalized spacial score (nSPS) is 24.0. The van der Waals surface area contributed by atoms with Crippen LogP contribution in [0.1, 0.15) is 35.6 Å². The van der Waals surface area contributed by atoms with Gasteiger partial charge in [-0.2, -0.15) is 0 Å². The van der Waals surface area contributed by atoms with E-state index < -0.39 is 0 Å². The Kier molecular flexibility index (Phi) is 4.25. The molecule has 0 radical (unpaired) electrons. The highest BCUT2D eigenvalue weighted by molar-refractivity contribution is 5.43. The molecule has 0 spiro atoms. The van der Waals surface area contributed by atoms with Crippen LogP contribution in [0.3, 0.4) is 0 Å². The number of rotatable bonds is 3. The first-order chi connectivity index (χ1) is 8.65. The Bertz CT molecular complexity index is 409. The Morgan fingerprint density at radius 1 is 1.28 bits per heavy atom. The molecule has 1 fully saturated rings. The van der Waals surface area contributed by atoms with Gasteiger partial charge in [0.05, 0.1) is 7.11 Å². The summed E-state index contributed by atoms with van der Waals surface area (Å²) in [6.07, 6.45) is 2.34. The number of piperidine rings is 1. The fourth-order valence-electron chi connectivity index (χ4n) is 2.64. The highest BCUT2D eigenvalue weighted by Gasteiger charge is 2.23. The second kappa shape index (κ2) is 5.72. The topological polar surface area (TPSA) is 47.3 Å². The predicted octanol–water partition coefficient (Wildman–Crippen LogP) is 2.31. The first-order valence-electron chi connectivity index (χ1n) is 6.74. The smallest absolute Gasteiger partial charge is 0.123 e. The molecule has 3 heteroatoms. The van der Waals surface area contributed by atoms with E-state index in [1.54, 1.807) is 7.11 Å². The first kappa shape index (κ1) is 13.4. The summed E-state index contributed by atoms with van der Waals surface area (Å²) in [5.74, 6) is 1.63. The summed E-state index contributed by atoms with van der Waals surface area (Å²) in [4.78, 5) is 0. The molecule has 18 heavy (non-hydrogen) atoms. The first-order valence-corrected chi connectivity index (χ1v) is 6.74. The van der Waals surface area contributed by atoms with Gasteiger partial charge < -0.3 is 15.8 Å². The van der Waals surface area contributed by atoms with Crippen LogP contribution in [0.4, 0.5) is 0 Å². The van der Waals surface area contributed by atoms with Crippen LogP contribution in [0.2, 0.25) is 0 Å². The second-order valence-corrected chi connectivity index (χ2v) is 5.32. The summed E-state index contributed by atoms with van der Waals surface area (Å²) < 4.78 is 5.52. The molecule has 0 bridgehead atoms. The van der Waals surface area contributed by atoms with Gasteiger partial charge in [-0.25, -0.2) is 0 Å². The Morgan fingerprint density at radius 2 is 2.00 bits per heavy atom. The van der Waals surface area contributed by atoms with Crippen molar-refractivity contribution in [2.45, 2.75) is 32.7 Å². The van der Waals surface area contributed by atoms with Gasteiger partial charge in [0.2, 0.25) is 0 Å². The summed E-state index contributed by atoms with van der Waals surface area (Å²) >= 11 is 0. The SMILES string of the molecule is COc1cc(C)c(C)cc1C1CCC(CN)CN1. The number of hydrogen-bond acceptors (Lipinski definition) is 3. The van der Waals surface area contributed by atoms with Crippen LogP contribution in [-0.4, -0.2) is 20.2 Å². The molecule has 1 aromatic rings. The monoisotopic (exact) mass is 248 g/mol. The van der Waals surface area contributed by atoms with Crippen molar-refractivity contribution in [1.29, 1.82) is 0 Å². The third kappa shape index (κ3) is 2.68. The summed E-state index contributed by atoms with van der Waals surface area (Å²) in [6, 6.07) is 4.80. The maximum absolute atomic E-state index is 5.72. The van der Waals surface area contributed by atoms with Gasteiger partial charge in [0, 0.05) is 11.6 Å². The van der Waals surface area contributed by atoms with E-state index >= 15 is 0 Å². The lowest BCUT2D eigenvalue weighted by Gasteiger charge is -2.30. The van der Waals surface area contributed by atoms with E-state index in [1.807, 2.05) is 0 Å². The van der Waals surface area contributed by atoms with Crippen molar-refractivity contribution in [3.63, 3.8) is 0 Å². The molecule has 0 amide bonds. The highest BCUT2D eigenvalue weighted by atomic mass is 16.5. The van der Waals surface area contributed by atoms with Gasteiger partial charge in [0.15, 0.2) is 0 Å².